The second-order valence-electron chi connectivity index (χ2n) is 5.77. The fraction of sp³-hybridized carbons (Fsp3) is 0.800. The maximum Gasteiger partial charge on any atom is 0.251 e. The Labute approximate surface area is 127 Å². The fourth-order valence-corrected chi connectivity index (χ4v) is 2.12. The lowest BCUT2D eigenvalue weighted by Crippen LogP contribution is -2.43. The largest absolute Gasteiger partial charge is 0.393 e. The number of rotatable bonds is 8. The van der Waals surface area contributed by atoms with Gasteiger partial charge in [-0.25, -0.2) is 5.06 Å². The van der Waals surface area contributed by atoms with E-state index in [1.807, 2.05) is 13.8 Å². The van der Waals surface area contributed by atoms with E-state index in [2.05, 4.69) is 0 Å². The van der Waals surface area contributed by atoms with Crippen LogP contribution in [0.1, 0.15) is 34.1 Å². The second-order valence-corrected chi connectivity index (χ2v) is 5.77. The molecule has 0 fully saturated rings. The minimum atomic E-state index is -1.02. The molecule has 124 valence electrons. The van der Waals surface area contributed by atoms with Crippen molar-refractivity contribution in [3.05, 3.63) is 11.6 Å². The Kier molecular flexibility index (Phi) is 8.73. The summed E-state index contributed by atoms with van der Waals surface area (Å²) in [7, 11) is 2.83. The minimum absolute atomic E-state index is 0.116. The van der Waals surface area contributed by atoms with Crippen LogP contribution in [-0.2, 0) is 9.63 Å². The summed E-state index contributed by atoms with van der Waals surface area (Å²) < 4.78 is 0. The Morgan fingerprint density at radius 1 is 1.24 bits per heavy atom. The van der Waals surface area contributed by atoms with Crippen molar-refractivity contribution < 1.29 is 25.0 Å². The van der Waals surface area contributed by atoms with Gasteiger partial charge >= 0.3 is 0 Å². The van der Waals surface area contributed by atoms with Crippen molar-refractivity contribution in [1.82, 2.24) is 5.06 Å². The fourth-order valence-electron chi connectivity index (χ4n) is 2.12. The van der Waals surface area contributed by atoms with Crippen LogP contribution in [0.3, 0.4) is 0 Å². The molecule has 5 atom stereocenters. The number of amides is 1. The first-order valence-electron chi connectivity index (χ1n) is 7.12. The summed E-state index contributed by atoms with van der Waals surface area (Å²) in [5.41, 5.74) is 0.952. The average molecular weight is 303 g/mol. The van der Waals surface area contributed by atoms with E-state index in [1.165, 1.54) is 14.2 Å². The molecule has 21 heavy (non-hydrogen) atoms. The molecule has 3 N–H and O–H groups in total. The van der Waals surface area contributed by atoms with E-state index in [1.54, 1.807) is 19.9 Å². The molecule has 0 unspecified atom stereocenters. The van der Waals surface area contributed by atoms with Crippen LogP contribution in [0.15, 0.2) is 11.6 Å². The molecule has 0 saturated carbocycles. The number of aliphatic hydroxyl groups is 3. The van der Waals surface area contributed by atoms with Crippen LogP contribution < -0.4 is 0 Å². The smallest absolute Gasteiger partial charge is 0.251 e. The van der Waals surface area contributed by atoms with Crippen LogP contribution in [-0.4, -0.2) is 58.8 Å². The van der Waals surface area contributed by atoms with Gasteiger partial charge in [0, 0.05) is 19.4 Å². The van der Waals surface area contributed by atoms with Crippen LogP contribution in [0.5, 0.6) is 0 Å². The molecular weight excluding hydrogens is 274 g/mol. The number of carbonyl (C=O) groups excluding carboxylic acids is 1. The van der Waals surface area contributed by atoms with Crippen molar-refractivity contribution >= 4 is 5.91 Å². The first-order valence-corrected chi connectivity index (χ1v) is 7.12. The lowest BCUT2D eigenvalue weighted by atomic mass is 9.86. The second kappa shape index (κ2) is 9.15. The SMILES string of the molecule is CON(C)C(=O)[C@H](C)[C@@H](O)[C@@H](C)[C@@H](O)C[C@H](O)C=C(C)C. The van der Waals surface area contributed by atoms with Gasteiger partial charge in [0.2, 0.25) is 0 Å². The van der Waals surface area contributed by atoms with Gasteiger partial charge in [-0.3, -0.25) is 9.63 Å². The number of hydrogen-bond donors (Lipinski definition) is 3. The molecule has 0 aromatic rings. The molecule has 0 aliphatic carbocycles. The highest BCUT2D eigenvalue weighted by molar-refractivity contribution is 5.77. The third kappa shape index (κ3) is 6.56. The van der Waals surface area contributed by atoms with E-state index in [9.17, 15) is 20.1 Å². The highest BCUT2D eigenvalue weighted by Crippen LogP contribution is 2.21. The first-order chi connectivity index (χ1) is 9.61. The number of hydrogen-bond acceptors (Lipinski definition) is 5. The monoisotopic (exact) mass is 303 g/mol. The van der Waals surface area contributed by atoms with Gasteiger partial charge < -0.3 is 15.3 Å². The van der Waals surface area contributed by atoms with E-state index in [-0.39, 0.29) is 12.3 Å². The molecule has 0 heterocycles. The zero-order chi connectivity index (χ0) is 16.7. The van der Waals surface area contributed by atoms with Gasteiger partial charge in [0.1, 0.15) is 0 Å². The number of aliphatic hydroxyl groups excluding tert-OH is 3. The van der Waals surface area contributed by atoms with Gasteiger partial charge in [0.25, 0.3) is 5.91 Å². The molecule has 0 aliphatic heterocycles. The van der Waals surface area contributed by atoms with E-state index in [0.29, 0.717) is 0 Å². The molecule has 6 nitrogen and oxygen atoms in total. The quantitative estimate of drug-likeness (QED) is 0.454. The van der Waals surface area contributed by atoms with E-state index in [0.717, 1.165) is 10.6 Å². The summed E-state index contributed by atoms with van der Waals surface area (Å²) in [4.78, 5) is 16.7. The van der Waals surface area contributed by atoms with E-state index >= 15 is 0 Å². The Morgan fingerprint density at radius 3 is 2.19 bits per heavy atom. The summed E-state index contributed by atoms with van der Waals surface area (Å²) in [5.74, 6) is -1.62. The van der Waals surface area contributed by atoms with Crippen molar-refractivity contribution in [2.24, 2.45) is 11.8 Å². The predicted molar refractivity (Wildman–Crippen MR) is 80.2 cm³/mol. The lowest BCUT2D eigenvalue weighted by Gasteiger charge is -2.30. The molecule has 0 rings (SSSR count). The molecule has 0 aromatic carbocycles. The first kappa shape index (κ1) is 20.1. The summed E-state index contributed by atoms with van der Waals surface area (Å²) in [6.45, 7) is 6.95. The van der Waals surface area contributed by atoms with Gasteiger partial charge in [-0.1, -0.05) is 25.5 Å². The Bertz CT molecular complexity index is 354. The van der Waals surface area contributed by atoms with Crippen molar-refractivity contribution in [2.45, 2.75) is 52.4 Å². The molecule has 0 spiro atoms. The van der Waals surface area contributed by atoms with Crippen LogP contribution in [0.2, 0.25) is 0 Å². The van der Waals surface area contributed by atoms with E-state index in [4.69, 9.17) is 4.84 Å². The molecule has 0 aromatic heterocycles. The normalized spacial score (nSPS) is 18.3. The molecule has 0 aliphatic rings. The summed E-state index contributed by atoms with van der Waals surface area (Å²) in [5, 5.41) is 31.1. The van der Waals surface area contributed by atoms with Crippen molar-refractivity contribution in [1.29, 1.82) is 0 Å². The van der Waals surface area contributed by atoms with Crippen LogP contribution in [0, 0.1) is 11.8 Å². The molecular formula is C15H29NO5. The predicted octanol–water partition coefficient (Wildman–Crippen LogP) is 0.717. The Hall–Kier alpha value is -0.950. The number of hydroxylamine groups is 2. The highest BCUT2D eigenvalue weighted by Gasteiger charge is 2.33. The standard InChI is InChI=1S/C15H29NO5/c1-9(2)7-12(17)8-13(18)10(3)14(19)11(4)15(20)16(5)21-6/h7,10-14,17-19H,8H2,1-6H3/t10-,11+,12+,13-,14-/m0/s1. The Balaban J connectivity index is 4.65. The molecule has 0 saturated heterocycles. The van der Waals surface area contributed by atoms with E-state index < -0.39 is 30.1 Å². The van der Waals surface area contributed by atoms with Gasteiger partial charge in [0.15, 0.2) is 0 Å². The number of nitrogens with zero attached hydrogens (tertiary/aromatic N) is 1. The van der Waals surface area contributed by atoms with Crippen molar-refractivity contribution in [3.63, 3.8) is 0 Å². The van der Waals surface area contributed by atoms with Gasteiger partial charge in [0.05, 0.1) is 31.3 Å². The summed E-state index contributed by atoms with van der Waals surface area (Å²) in [6, 6.07) is 0. The zero-order valence-electron chi connectivity index (χ0n) is 13.8. The maximum atomic E-state index is 11.9. The number of allylic oxidation sites excluding steroid dienone is 1. The number of carbonyl (C=O) groups is 1. The van der Waals surface area contributed by atoms with Crippen molar-refractivity contribution in [2.75, 3.05) is 14.2 Å². The lowest BCUT2D eigenvalue weighted by molar-refractivity contribution is -0.178. The maximum absolute atomic E-state index is 11.9. The highest BCUT2D eigenvalue weighted by atomic mass is 16.7. The Morgan fingerprint density at radius 2 is 1.76 bits per heavy atom. The van der Waals surface area contributed by atoms with Crippen LogP contribution in [0.4, 0.5) is 0 Å². The molecule has 0 bridgehead atoms. The third-order valence-corrected chi connectivity index (χ3v) is 3.64. The summed E-state index contributed by atoms with van der Waals surface area (Å²) in [6.07, 6.45) is -0.940. The van der Waals surface area contributed by atoms with Crippen molar-refractivity contribution in [3.8, 4) is 0 Å². The topological polar surface area (TPSA) is 90.2 Å². The van der Waals surface area contributed by atoms with Crippen LogP contribution in [0.25, 0.3) is 0 Å². The third-order valence-electron chi connectivity index (χ3n) is 3.64. The molecule has 1 amide bonds. The van der Waals surface area contributed by atoms with Gasteiger partial charge in [-0.15, -0.1) is 0 Å². The average Bonchev–Trinajstić information content (AvgIpc) is 2.41. The van der Waals surface area contributed by atoms with Gasteiger partial charge in [-0.05, 0) is 13.8 Å². The minimum Gasteiger partial charge on any atom is -0.393 e. The molecule has 6 heteroatoms. The van der Waals surface area contributed by atoms with Crippen LogP contribution >= 0.6 is 0 Å². The summed E-state index contributed by atoms with van der Waals surface area (Å²) >= 11 is 0. The van der Waals surface area contributed by atoms with Gasteiger partial charge in [-0.2, -0.15) is 0 Å². The zero-order valence-corrected chi connectivity index (χ0v) is 13.8. The molecule has 0 radical (unpaired) electrons.